The molecule has 0 radical (unpaired) electrons. The Morgan fingerprint density at radius 2 is 1.60 bits per heavy atom. The van der Waals surface area contributed by atoms with E-state index in [0.29, 0.717) is 6.04 Å². The van der Waals surface area contributed by atoms with Gasteiger partial charge in [-0.25, -0.2) is 0 Å². The molecule has 1 heteroatoms. The van der Waals surface area contributed by atoms with E-state index >= 15 is 0 Å². The molecule has 2 aromatic carbocycles. The van der Waals surface area contributed by atoms with Gasteiger partial charge >= 0.3 is 0 Å². The van der Waals surface area contributed by atoms with Crippen molar-refractivity contribution in [2.75, 3.05) is 0 Å². The third-order valence-electron chi connectivity index (χ3n) is 3.69. The van der Waals surface area contributed by atoms with Crippen molar-refractivity contribution in [3.8, 4) is 11.1 Å². The number of rotatable bonds is 4. The van der Waals surface area contributed by atoms with E-state index in [1.54, 1.807) is 0 Å². The van der Waals surface area contributed by atoms with Crippen LogP contribution in [0.5, 0.6) is 0 Å². The van der Waals surface area contributed by atoms with E-state index < -0.39 is 0 Å². The van der Waals surface area contributed by atoms with Crippen molar-refractivity contribution in [3.63, 3.8) is 0 Å². The molecule has 0 saturated carbocycles. The van der Waals surface area contributed by atoms with Crippen LogP contribution in [0.25, 0.3) is 11.1 Å². The normalized spacial score (nSPS) is 11.1. The van der Waals surface area contributed by atoms with Gasteiger partial charge in [0, 0.05) is 12.6 Å². The molecule has 0 fully saturated rings. The second-order valence-electron chi connectivity index (χ2n) is 6.00. The molecule has 0 unspecified atom stereocenters. The monoisotopic (exact) mass is 267 g/mol. The molecule has 0 atom stereocenters. The van der Waals surface area contributed by atoms with Gasteiger partial charge in [-0.3, -0.25) is 0 Å². The van der Waals surface area contributed by atoms with Crippen LogP contribution in [0.4, 0.5) is 0 Å². The van der Waals surface area contributed by atoms with E-state index in [9.17, 15) is 0 Å². The van der Waals surface area contributed by atoms with Crippen LogP contribution in [0, 0.1) is 20.8 Å². The van der Waals surface area contributed by atoms with Gasteiger partial charge in [-0.2, -0.15) is 0 Å². The molecule has 0 aromatic heterocycles. The first-order valence-corrected chi connectivity index (χ1v) is 7.38. The zero-order chi connectivity index (χ0) is 14.7. The zero-order valence-corrected chi connectivity index (χ0v) is 13.2. The fraction of sp³-hybridized carbons (Fsp3) is 0.368. The molecule has 20 heavy (non-hydrogen) atoms. The van der Waals surface area contributed by atoms with Crippen molar-refractivity contribution < 1.29 is 0 Å². The molecule has 0 heterocycles. The SMILES string of the molecule is Cc1ccc(-c2cc(CNC(C)C)ccc2C)c(C)c1. The molecule has 0 aliphatic carbocycles. The van der Waals surface area contributed by atoms with E-state index in [2.05, 4.69) is 76.3 Å². The summed E-state index contributed by atoms with van der Waals surface area (Å²) in [6, 6.07) is 14.0. The van der Waals surface area contributed by atoms with Crippen LogP contribution in [-0.4, -0.2) is 6.04 Å². The van der Waals surface area contributed by atoms with Crippen LogP contribution in [0.3, 0.4) is 0 Å². The Balaban J connectivity index is 2.37. The van der Waals surface area contributed by atoms with Crippen LogP contribution < -0.4 is 5.32 Å². The van der Waals surface area contributed by atoms with Gasteiger partial charge in [0.25, 0.3) is 0 Å². The minimum atomic E-state index is 0.515. The Morgan fingerprint density at radius 1 is 0.850 bits per heavy atom. The lowest BCUT2D eigenvalue weighted by Gasteiger charge is -2.14. The number of nitrogens with one attached hydrogen (secondary N) is 1. The molecule has 0 aliphatic heterocycles. The van der Waals surface area contributed by atoms with Crippen LogP contribution in [-0.2, 0) is 6.54 Å². The molecule has 2 rings (SSSR count). The van der Waals surface area contributed by atoms with E-state index in [1.807, 2.05) is 0 Å². The second-order valence-corrected chi connectivity index (χ2v) is 6.00. The Labute approximate surface area is 123 Å². The van der Waals surface area contributed by atoms with E-state index in [0.717, 1.165) is 6.54 Å². The van der Waals surface area contributed by atoms with Crippen molar-refractivity contribution >= 4 is 0 Å². The molecule has 0 saturated heterocycles. The Morgan fingerprint density at radius 3 is 2.25 bits per heavy atom. The molecule has 2 aromatic rings. The molecule has 106 valence electrons. The predicted molar refractivity (Wildman–Crippen MR) is 88.1 cm³/mol. The first kappa shape index (κ1) is 14.8. The quantitative estimate of drug-likeness (QED) is 0.841. The van der Waals surface area contributed by atoms with Crippen LogP contribution in [0.1, 0.15) is 36.1 Å². The summed E-state index contributed by atoms with van der Waals surface area (Å²) < 4.78 is 0. The minimum absolute atomic E-state index is 0.515. The highest BCUT2D eigenvalue weighted by atomic mass is 14.9. The molecular formula is C19H25N. The highest BCUT2D eigenvalue weighted by Crippen LogP contribution is 2.28. The highest BCUT2D eigenvalue weighted by Gasteiger charge is 2.07. The topological polar surface area (TPSA) is 12.0 Å². The average molecular weight is 267 g/mol. The molecule has 0 bridgehead atoms. The van der Waals surface area contributed by atoms with E-state index in [-0.39, 0.29) is 0 Å². The van der Waals surface area contributed by atoms with Crippen LogP contribution in [0.2, 0.25) is 0 Å². The largest absolute Gasteiger partial charge is 0.310 e. The van der Waals surface area contributed by atoms with Gasteiger partial charge in [0.2, 0.25) is 0 Å². The molecule has 0 amide bonds. The van der Waals surface area contributed by atoms with Crippen molar-refractivity contribution in [1.82, 2.24) is 5.32 Å². The zero-order valence-electron chi connectivity index (χ0n) is 13.2. The van der Waals surface area contributed by atoms with E-state index in [4.69, 9.17) is 0 Å². The first-order chi connectivity index (χ1) is 9.47. The lowest BCUT2D eigenvalue weighted by atomic mass is 9.94. The number of benzene rings is 2. The summed E-state index contributed by atoms with van der Waals surface area (Å²) >= 11 is 0. The third kappa shape index (κ3) is 3.49. The maximum atomic E-state index is 3.48. The molecular weight excluding hydrogens is 242 g/mol. The van der Waals surface area contributed by atoms with Crippen molar-refractivity contribution in [2.45, 2.75) is 47.2 Å². The van der Waals surface area contributed by atoms with Crippen molar-refractivity contribution in [2.24, 2.45) is 0 Å². The van der Waals surface area contributed by atoms with Crippen molar-refractivity contribution in [1.29, 1.82) is 0 Å². The Kier molecular flexibility index (Phi) is 4.61. The summed E-state index contributed by atoms with van der Waals surface area (Å²) in [6.07, 6.45) is 0. The molecule has 1 N–H and O–H groups in total. The fourth-order valence-corrected chi connectivity index (χ4v) is 2.51. The maximum absolute atomic E-state index is 3.48. The Bertz CT molecular complexity index is 597. The lowest BCUT2D eigenvalue weighted by molar-refractivity contribution is 0.589. The predicted octanol–water partition coefficient (Wildman–Crippen LogP) is 4.78. The third-order valence-corrected chi connectivity index (χ3v) is 3.69. The van der Waals surface area contributed by atoms with Crippen LogP contribution in [0.15, 0.2) is 36.4 Å². The van der Waals surface area contributed by atoms with Gasteiger partial charge in [-0.05, 0) is 54.7 Å². The van der Waals surface area contributed by atoms with Crippen molar-refractivity contribution in [3.05, 3.63) is 58.7 Å². The van der Waals surface area contributed by atoms with Gasteiger partial charge in [0.15, 0.2) is 0 Å². The smallest absolute Gasteiger partial charge is 0.0208 e. The summed E-state index contributed by atoms with van der Waals surface area (Å²) in [6.45, 7) is 11.8. The summed E-state index contributed by atoms with van der Waals surface area (Å²) in [4.78, 5) is 0. The van der Waals surface area contributed by atoms with Gasteiger partial charge in [0.1, 0.15) is 0 Å². The van der Waals surface area contributed by atoms with E-state index in [1.165, 1.54) is 33.4 Å². The summed E-state index contributed by atoms with van der Waals surface area (Å²) in [5.41, 5.74) is 8.05. The number of hydrogen-bond acceptors (Lipinski definition) is 1. The van der Waals surface area contributed by atoms with Gasteiger partial charge in [-0.15, -0.1) is 0 Å². The van der Waals surface area contributed by atoms with Gasteiger partial charge < -0.3 is 5.32 Å². The number of hydrogen-bond donors (Lipinski definition) is 1. The summed E-state index contributed by atoms with van der Waals surface area (Å²) in [5.74, 6) is 0. The van der Waals surface area contributed by atoms with Gasteiger partial charge in [0.05, 0.1) is 0 Å². The molecule has 1 nitrogen and oxygen atoms in total. The second kappa shape index (κ2) is 6.23. The number of aryl methyl sites for hydroxylation is 3. The minimum Gasteiger partial charge on any atom is -0.310 e. The highest BCUT2D eigenvalue weighted by molar-refractivity contribution is 5.71. The lowest BCUT2D eigenvalue weighted by Crippen LogP contribution is -2.21. The standard InChI is InChI=1S/C19H25N/c1-13(2)20-12-17-8-7-15(4)19(11-17)18-9-6-14(3)10-16(18)5/h6-11,13,20H,12H2,1-5H3. The Hall–Kier alpha value is -1.60. The summed E-state index contributed by atoms with van der Waals surface area (Å²) in [5, 5.41) is 3.48. The first-order valence-electron chi connectivity index (χ1n) is 7.38. The van der Waals surface area contributed by atoms with Gasteiger partial charge in [-0.1, -0.05) is 49.7 Å². The van der Waals surface area contributed by atoms with Crippen LogP contribution >= 0.6 is 0 Å². The fourth-order valence-electron chi connectivity index (χ4n) is 2.51. The molecule has 0 aliphatic rings. The molecule has 0 spiro atoms. The average Bonchev–Trinajstić information content (AvgIpc) is 2.38. The summed E-state index contributed by atoms with van der Waals surface area (Å²) in [7, 11) is 0. The maximum Gasteiger partial charge on any atom is 0.0208 e.